The molecule has 0 fully saturated rings. The molecule has 0 aliphatic rings. The predicted molar refractivity (Wildman–Crippen MR) is 80.2 cm³/mol. The monoisotopic (exact) mass is 287 g/mol. The van der Waals surface area contributed by atoms with Crippen LogP contribution in [-0.2, 0) is 4.79 Å². The fourth-order valence-corrected chi connectivity index (χ4v) is 1.76. The number of likely N-dealkylation sites (N-methyl/N-ethyl adjacent to an activating group) is 1. The highest BCUT2D eigenvalue weighted by molar-refractivity contribution is 5.95. The number of rotatable bonds is 3. The van der Waals surface area contributed by atoms with Gasteiger partial charge < -0.3 is 15.3 Å². The Hall–Kier alpha value is -2.63. The van der Waals surface area contributed by atoms with Crippen LogP contribution in [0, 0.1) is 0 Å². The zero-order valence-corrected chi connectivity index (χ0v) is 12.1. The molecule has 0 spiro atoms. The van der Waals surface area contributed by atoms with Gasteiger partial charge in [0.1, 0.15) is 5.54 Å². The van der Waals surface area contributed by atoms with Gasteiger partial charge in [0.2, 0.25) is 0 Å². The summed E-state index contributed by atoms with van der Waals surface area (Å²) in [4.78, 5) is 28.7. The zero-order chi connectivity index (χ0) is 15.6. The molecular formula is C15H17N3O3. The van der Waals surface area contributed by atoms with Crippen molar-refractivity contribution in [1.82, 2.24) is 9.88 Å². The topological polar surface area (TPSA) is 82.5 Å². The van der Waals surface area contributed by atoms with Crippen LogP contribution in [0.15, 0.2) is 36.5 Å². The molecule has 2 rings (SSSR count). The van der Waals surface area contributed by atoms with E-state index in [1.54, 1.807) is 24.4 Å². The molecule has 6 nitrogen and oxygen atoms in total. The number of carboxylic acids is 1. The third-order valence-electron chi connectivity index (χ3n) is 3.52. The lowest BCUT2D eigenvalue weighted by Gasteiger charge is -2.31. The van der Waals surface area contributed by atoms with E-state index in [2.05, 4.69) is 10.3 Å². The Labute approximate surface area is 122 Å². The van der Waals surface area contributed by atoms with E-state index in [0.29, 0.717) is 5.69 Å². The number of aromatic nitrogens is 1. The van der Waals surface area contributed by atoms with Crippen LogP contribution in [-0.4, -0.2) is 39.6 Å². The van der Waals surface area contributed by atoms with Crippen molar-refractivity contribution in [1.29, 1.82) is 0 Å². The molecular weight excluding hydrogens is 270 g/mol. The molecule has 0 saturated heterocycles. The van der Waals surface area contributed by atoms with Gasteiger partial charge in [-0.25, -0.2) is 9.59 Å². The number of hydrogen-bond donors (Lipinski definition) is 2. The second kappa shape index (κ2) is 5.40. The average Bonchev–Trinajstić information content (AvgIpc) is 2.46. The Bertz CT molecular complexity index is 697. The zero-order valence-electron chi connectivity index (χ0n) is 12.1. The SMILES string of the molecule is CN(C(=O)Nc1ccc2ncccc2c1)C(C)(C)C(=O)O. The Balaban J connectivity index is 2.20. The van der Waals surface area contributed by atoms with E-state index in [1.807, 2.05) is 12.1 Å². The number of carbonyl (C=O) groups is 2. The first-order valence-electron chi connectivity index (χ1n) is 6.45. The second-order valence-electron chi connectivity index (χ2n) is 5.26. The fourth-order valence-electron chi connectivity index (χ4n) is 1.76. The van der Waals surface area contributed by atoms with Gasteiger partial charge in [0.15, 0.2) is 0 Å². The third-order valence-corrected chi connectivity index (χ3v) is 3.52. The van der Waals surface area contributed by atoms with Crippen LogP contribution >= 0.6 is 0 Å². The number of aliphatic carboxylic acids is 1. The van der Waals surface area contributed by atoms with E-state index in [4.69, 9.17) is 5.11 Å². The highest BCUT2D eigenvalue weighted by Crippen LogP contribution is 2.19. The third kappa shape index (κ3) is 2.94. The van der Waals surface area contributed by atoms with Crippen molar-refractivity contribution in [2.75, 3.05) is 12.4 Å². The number of nitrogens with one attached hydrogen (secondary N) is 1. The van der Waals surface area contributed by atoms with Crippen molar-refractivity contribution >= 4 is 28.6 Å². The van der Waals surface area contributed by atoms with E-state index in [1.165, 1.54) is 20.9 Å². The van der Waals surface area contributed by atoms with Crippen LogP contribution in [0.3, 0.4) is 0 Å². The van der Waals surface area contributed by atoms with Crippen LogP contribution in [0.2, 0.25) is 0 Å². The summed E-state index contributed by atoms with van der Waals surface area (Å²) in [5, 5.41) is 12.7. The molecule has 110 valence electrons. The first-order chi connectivity index (χ1) is 9.82. The molecule has 2 amide bonds. The Morgan fingerprint density at radius 3 is 2.67 bits per heavy atom. The maximum Gasteiger partial charge on any atom is 0.329 e. The molecule has 0 atom stereocenters. The van der Waals surface area contributed by atoms with Gasteiger partial charge in [-0.2, -0.15) is 0 Å². The normalized spacial score (nSPS) is 11.2. The number of nitrogens with zero attached hydrogens (tertiary/aromatic N) is 2. The summed E-state index contributed by atoms with van der Waals surface area (Å²) < 4.78 is 0. The van der Waals surface area contributed by atoms with E-state index in [9.17, 15) is 9.59 Å². The van der Waals surface area contributed by atoms with Gasteiger partial charge >= 0.3 is 12.0 Å². The molecule has 0 aliphatic heterocycles. The van der Waals surface area contributed by atoms with Crippen LogP contribution in [0.5, 0.6) is 0 Å². The molecule has 2 N–H and O–H groups in total. The summed E-state index contributed by atoms with van der Waals surface area (Å²) in [5.41, 5.74) is 0.130. The van der Waals surface area contributed by atoms with E-state index in [0.717, 1.165) is 15.8 Å². The summed E-state index contributed by atoms with van der Waals surface area (Å²) >= 11 is 0. The lowest BCUT2D eigenvalue weighted by Crippen LogP contribution is -2.52. The summed E-state index contributed by atoms with van der Waals surface area (Å²) in [6, 6.07) is 8.55. The number of fused-ring (bicyclic) bond motifs is 1. The van der Waals surface area contributed by atoms with Crippen molar-refractivity contribution in [2.45, 2.75) is 19.4 Å². The lowest BCUT2D eigenvalue weighted by atomic mass is 10.1. The van der Waals surface area contributed by atoms with Crippen LogP contribution in [0.25, 0.3) is 10.9 Å². The number of carboxylic acid groups (broad SMARTS) is 1. The fraction of sp³-hybridized carbons (Fsp3) is 0.267. The number of pyridine rings is 1. The minimum Gasteiger partial charge on any atom is -0.480 e. The molecule has 1 aromatic carbocycles. The summed E-state index contributed by atoms with van der Waals surface area (Å²) in [6.45, 7) is 2.94. The molecule has 0 aliphatic carbocycles. The highest BCUT2D eigenvalue weighted by atomic mass is 16.4. The van der Waals surface area contributed by atoms with E-state index < -0.39 is 17.5 Å². The highest BCUT2D eigenvalue weighted by Gasteiger charge is 2.35. The molecule has 1 aromatic heterocycles. The number of carbonyl (C=O) groups excluding carboxylic acids is 1. The predicted octanol–water partition coefficient (Wildman–Crippen LogP) is 2.56. The number of hydrogen-bond acceptors (Lipinski definition) is 3. The quantitative estimate of drug-likeness (QED) is 0.909. The van der Waals surface area contributed by atoms with Gasteiger partial charge in [-0.05, 0) is 38.1 Å². The van der Waals surface area contributed by atoms with Gasteiger partial charge in [0.25, 0.3) is 0 Å². The standard InChI is InChI=1S/C15H17N3O3/c1-15(2,13(19)20)18(3)14(21)17-11-6-7-12-10(9-11)5-4-8-16-12/h4-9H,1-3H3,(H,17,21)(H,19,20). The molecule has 1 heterocycles. The number of urea groups is 1. The number of anilines is 1. The van der Waals surface area contributed by atoms with Crippen LogP contribution in [0.1, 0.15) is 13.8 Å². The minimum atomic E-state index is -1.29. The first-order valence-corrected chi connectivity index (χ1v) is 6.45. The summed E-state index contributed by atoms with van der Waals surface area (Å²) in [5.74, 6) is -1.07. The molecule has 21 heavy (non-hydrogen) atoms. The first kappa shape index (κ1) is 14.8. The van der Waals surface area contributed by atoms with Crippen molar-refractivity contribution in [3.63, 3.8) is 0 Å². The van der Waals surface area contributed by atoms with Crippen LogP contribution < -0.4 is 5.32 Å². The van der Waals surface area contributed by atoms with Gasteiger partial charge in [-0.1, -0.05) is 6.07 Å². The van der Waals surface area contributed by atoms with Crippen molar-refractivity contribution in [2.24, 2.45) is 0 Å². The van der Waals surface area contributed by atoms with Gasteiger partial charge in [-0.15, -0.1) is 0 Å². The maximum atomic E-state index is 12.1. The van der Waals surface area contributed by atoms with Crippen molar-refractivity contribution in [3.8, 4) is 0 Å². The molecule has 0 bridgehead atoms. The smallest absolute Gasteiger partial charge is 0.329 e. The van der Waals surface area contributed by atoms with Gasteiger partial charge in [-0.3, -0.25) is 4.98 Å². The summed E-state index contributed by atoms with van der Waals surface area (Å²) in [7, 11) is 1.45. The molecule has 0 radical (unpaired) electrons. The minimum absolute atomic E-state index is 0.481. The second-order valence-corrected chi connectivity index (χ2v) is 5.26. The molecule has 0 saturated carbocycles. The molecule has 2 aromatic rings. The average molecular weight is 287 g/mol. The lowest BCUT2D eigenvalue weighted by molar-refractivity contribution is -0.146. The largest absolute Gasteiger partial charge is 0.480 e. The van der Waals surface area contributed by atoms with Gasteiger partial charge in [0, 0.05) is 24.3 Å². The molecule has 6 heteroatoms. The Morgan fingerprint density at radius 2 is 2.00 bits per heavy atom. The Morgan fingerprint density at radius 1 is 1.29 bits per heavy atom. The van der Waals surface area contributed by atoms with E-state index >= 15 is 0 Å². The Kier molecular flexibility index (Phi) is 3.80. The van der Waals surface area contributed by atoms with Crippen molar-refractivity contribution < 1.29 is 14.7 Å². The van der Waals surface area contributed by atoms with Crippen LogP contribution in [0.4, 0.5) is 10.5 Å². The number of benzene rings is 1. The maximum absolute atomic E-state index is 12.1. The summed E-state index contributed by atoms with van der Waals surface area (Å²) in [6.07, 6.45) is 1.70. The van der Waals surface area contributed by atoms with Crippen molar-refractivity contribution in [3.05, 3.63) is 36.5 Å². The number of amides is 2. The molecule has 0 unspecified atom stereocenters. The van der Waals surface area contributed by atoms with Gasteiger partial charge in [0.05, 0.1) is 5.52 Å². The van der Waals surface area contributed by atoms with E-state index in [-0.39, 0.29) is 0 Å².